The molecule has 6 heteroatoms. The SMILES string of the molecule is CC/C=C/C/C=C/C/C=C/CCCCC(CC(=O)NC(CO)C(O)CCCCCCCCCCCCCC)OC(=O)CCCCCCCCCCCCCCCC. The van der Waals surface area contributed by atoms with Crippen molar-refractivity contribution in [2.24, 2.45) is 0 Å². The molecule has 0 bridgehead atoms. The summed E-state index contributed by atoms with van der Waals surface area (Å²) >= 11 is 0. The van der Waals surface area contributed by atoms with Crippen molar-refractivity contribution < 1.29 is 24.5 Å². The van der Waals surface area contributed by atoms with Gasteiger partial charge in [-0.1, -0.05) is 218 Å². The maximum atomic E-state index is 13.2. The molecule has 0 fully saturated rings. The van der Waals surface area contributed by atoms with Crippen molar-refractivity contribution in [3.63, 3.8) is 0 Å². The molecule has 0 aliphatic heterocycles. The van der Waals surface area contributed by atoms with Crippen molar-refractivity contribution in [3.8, 4) is 0 Å². The van der Waals surface area contributed by atoms with Gasteiger partial charge in [0.2, 0.25) is 5.91 Å². The number of carbonyl (C=O) groups is 2. The molecule has 0 rings (SSSR count). The third kappa shape index (κ3) is 40.6. The lowest BCUT2D eigenvalue weighted by Gasteiger charge is -2.24. The van der Waals surface area contributed by atoms with E-state index in [1.54, 1.807) is 0 Å². The molecule has 0 aromatic rings. The minimum absolute atomic E-state index is 0.0550. The van der Waals surface area contributed by atoms with Crippen molar-refractivity contribution in [2.45, 2.75) is 270 Å². The summed E-state index contributed by atoms with van der Waals surface area (Å²) in [6.07, 6.45) is 52.1. The molecule has 6 nitrogen and oxygen atoms in total. The van der Waals surface area contributed by atoms with Crippen molar-refractivity contribution in [3.05, 3.63) is 36.5 Å². The Morgan fingerprint density at radius 1 is 0.526 bits per heavy atom. The number of rotatable bonds is 44. The number of hydrogen-bond acceptors (Lipinski definition) is 5. The Hall–Kier alpha value is -1.92. The summed E-state index contributed by atoms with van der Waals surface area (Å²) in [6.45, 7) is 6.36. The van der Waals surface area contributed by atoms with Gasteiger partial charge in [0.25, 0.3) is 0 Å². The Bertz CT molecular complexity index is 946. The normalized spacial score (nSPS) is 13.6. The summed E-state index contributed by atoms with van der Waals surface area (Å²) < 4.78 is 5.90. The Kier molecular flexibility index (Phi) is 43.6. The van der Waals surface area contributed by atoms with Crippen LogP contribution in [0.25, 0.3) is 0 Å². The first-order valence-electron chi connectivity index (χ1n) is 24.7. The topological polar surface area (TPSA) is 95.9 Å². The third-order valence-electron chi connectivity index (χ3n) is 11.2. The van der Waals surface area contributed by atoms with Crippen LogP contribution in [0, 0.1) is 0 Å². The van der Waals surface area contributed by atoms with Crippen molar-refractivity contribution in [1.82, 2.24) is 5.32 Å². The lowest BCUT2D eigenvalue weighted by molar-refractivity contribution is -0.151. The van der Waals surface area contributed by atoms with Crippen molar-refractivity contribution >= 4 is 11.9 Å². The molecule has 334 valence electrons. The average molecular weight is 802 g/mol. The molecule has 0 heterocycles. The van der Waals surface area contributed by atoms with E-state index in [1.807, 2.05) is 0 Å². The van der Waals surface area contributed by atoms with Gasteiger partial charge in [-0.15, -0.1) is 0 Å². The third-order valence-corrected chi connectivity index (χ3v) is 11.2. The van der Waals surface area contributed by atoms with Gasteiger partial charge in [-0.25, -0.2) is 0 Å². The first kappa shape index (κ1) is 55.1. The van der Waals surface area contributed by atoms with E-state index in [-0.39, 0.29) is 24.9 Å². The van der Waals surface area contributed by atoms with E-state index in [4.69, 9.17) is 4.74 Å². The molecule has 57 heavy (non-hydrogen) atoms. The highest BCUT2D eigenvalue weighted by Crippen LogP contribution is 2.17. The van der Waals surface area contributed by atoms with Crippen LogP contribution >= 0.6 is 0 Å². The predicted octanol–water partition coefficient (Wildman–Crippen LogP) is 14.5. The van der Waals surface area contributed by atoms with Gasteiger partial charge in [0.05, 0.1) is 25.2 Å². The number of aliphatic hydroxyl groups is 2. The monoisotopic (exact) mass is 802 g/mol. The first-order valence-corrected chi connectivity index (χ1v) is 24.7. The van der Waals surface area contributed by atoms with Crippen LogP contribution in [0.3, 0.4) is 0 Å². The van der Waals surface area contributed by atoms with Crippen LogP contribution in [0.1, 0.15) is 252 Å². The maximum absolute atomic E-state index is 13.2. The molecule has 0 aliphatic rings. The molecule has 0 aromatic carbocycles. The van der Waals surface area contributed by atoms with Gasteiger partial charge in [0.1, 0.15) is 6.10 Å². The van der Waals surface area contributed by atoms with Gasteiger partial charge in [0.15, 0.2) is 0 Å². The number of aliphatic hydroxyl groups excluding tert-OH is 2. The number of ether oxygens (including phenoxy) is 1. The molecular formula is C51H95NO5. The molecule has 0 radical (unpaired) electrons. The van der Waals surface area contributed by atoms with Crippen LogP contribution in [-0.4, -0.2) is 46.9 Å². The number of carbonyl (C=O) groups excluding carboxylic acids is 2. The minimum atomic E-state index is -0.794. The zero-order valence-corrected chi connectivity index (χ0v) is 38.0. The van der Waals surface area contributed by atoms with Gasteiger partial charge >= 0.3 is 5.97 Å². The molecule has 3 atom stereocenters. The van der Waals surface area contributed by atoms with Crippen LogP contribution in [0.2, 0.25) is 0 Å². The predicted molar refractivity (Wildman–Crippen MR) is 246 cm³/mol. The van der Waals surface area contributed by atoms with Gasteiger partial charge in [-0.2, -0.15) is 0 Å². The fourth-order valence-electron chi connectivity index (χ4n) is 7.50. The zero-order chi connectivity index (χ0) is 41.7. The molecule has 1 amide bonds. The van der Waals surface area contributed by atoms with Crippen molar-refractivity contribution in [2.75, 3.05) is 6.61 Å². The summed E-state index contributed by atoms with van der Waals surface area (Å²) in [5, 5.41) is 23.7. The maximum Gasteiger partial charge on any atom is 0.306 e. The van der Waals surface area contributed by atoms with E-state index < -0.39 is 18.2 Å². The molecule has 3 unspecified atom stereocenters. The van der Waals surface area contributed by atoms with E-state index in [9.17, 15) is 19.8 Å². The summed E-state index contributed by atoms with van der Waals surface area (Å²) in [7, 11) is 0. The number of allylic oxidation sites excluding steroid dienone is 6. The molecule has 0 aromatic heterocycles. The van der Waals surface area contributed by atoms with E-state index >= 15 is 0 Å². The molecule has 0 saturated heterocycles. The van der Waals surface area contributed by atoms with Gasteiger partial charge in [0, 0.05) is 6.42 Å². The van der Waals surface area contributed by atoms with E-state index in [0.29, 0.717) is 19.3 Å². The lowest BCUT2D eigenvalue weighted by atomic mass is 10.0. The summed E-state index contributed by atoms with van der Waals surface area (Å²) in [6, 6.07) is -0.709. The lowest BCUT2D eigenvalue weighted by Crippen LogP contribution is -2.46. The van der Waals surface area contributed by atoms with Crippen LogP contribution in [0.4, 0.5) is 0 Å². The molecule has 0 saturated carbocycles. The summed E-state index contributed by atoms with van der Waals surface area (Å²) in [4.78, 5) is 26.0. The highest BCUT2D eigenvalue weighted by Gasteiger charge is 2.24. The number of nitrogens with one attached hydrogen (secondary N) is 1. The summed E-state index contributed by atoms with van der Waals surface area (Å²) in [5.41, 5.74) is 0. The molecule has 0 aliphatic carbocycles. The standard InChI is InChI=1S/C51H95NO5/c1-4-7-10-13-16-19-22-25-26-29-32-35-38-41-44-51(56)57-47(42-39-36-33-30-27-23-20-17-14-11-8-5-2)45-50(55)52-48(46-53)49(54)43-40-37-34-31-28-24-21-18-15-12-9-6-3/h8,11,17,20,27,30,47-49,53-54H,4-7,9-10,12-16,18-19,21-26,28-29,31-46H2,1-3H3,(H,52,55)/b11-8+,20-17+,30-27+. The summed E-state index contributed by atoms with van der Waals surface area (Å²) in [5.74, 6) is -0.504. The number of hydrogen-bond donors (Lipinski definition) is 3. The molecule has 3 N–H and O–H groups in total. The highest BCUT2D eigenvalue weighted by molar-refractivity contribution is 5.77. The fraction of sp³-hybridized carbons (Fsp3) is 0.843. The largest absolute Gasteiger partial charge is 0.462 e. The number of amides is 1. The van der Waals surface area contributed by atoms with Crippen LogP contribution in [-0.2, 0) is 14.3 Å². The van der Waals surface area contributed by atoms with Crippen LogP contribution < -0.4 is 5.32 Å². The van der Waals surface area contributed by atoms with Crippen LogP contribution in [0.5, 0.6) is 0 Å². The minimum Gasteiger partial charge on any atom is -0.462 e. The Morgan fingerprint density at radius 2 is 0.947 bits per heavy atom. The second-order valence-electron chi connectivity index (χ2n) is 16.8. The van der Waals surface area contributed by atoms with E-state index in [0.717, 1.165) is 77.0 Å². The average Bonchev–Trinajstić information content (AvgIpc) is 3.20. The Labute approximate surface area is 353 Å². The quantitative estimate of drug-likeness (QED) is 0.0324. The van der Waals surface area contributed by atoms with E-state index in [1.165, 1.54) is 128 Å². The fourth-order valence-corrected chi connectivity index (χ4v) is 7.50. The molecule has 0 spiro atoms. The van der Waals surface area contributed by atoms with Crippen molar-refractivity contribution in [1.29, 1.82) is 0 Å². The Morgan fingerprint density at radius 3 is 1.42 bits per heavy atom. The highest BCUT2D eigenvalue weighted by atomic mass is 16.5. The number of unbranched alkanes of at least 4 members (excludes halogenated alkanes) is 26. The first-order chi connectivity index (χ1) is 28.0. The van der Waals surface area contributed by atoms with Crippen LogP contribution in [0.15, 0.2) is 36.5 Å². The second kappa shape index (κ2) is 45.2. The second-order valence-corrected chi connectivity index (χ2v) is 16.8. The number of esters is 1. The molecular weight excluding hydrogens is 707 g/mol. The van der Waals surface area contributed by atoms with Gasteiger partial charge in [-0.05, 0) is 57.8 Å². The Balaban J connectivity index is 4.59. The van der Waals surface area contributed by atoms with Gasteiger partial charge in [-0.3, -0.25) is 9.59 Å². The zero-order valence-electron chi connectivity index (χ0n) is 38.0. The van der Waals surface area contributed by atoms with E-state index in [2.05, 4.69) is 62.5 Å². The smallest absolute Gasteiger partial charge is 0.306 e. The van der Waals surface area contributed by atoms with Gasteiger partial charge < -0.3 is 20.3 Å².